The number of piperazine rings is 1. The molecule has 11 heteroatoms. The van der Waals surface area contributed by atoms with Crippen LogP contribution in [0.3, 0.4) is 0 Å². The summed E-state index contributed by atoms with van der Waals surface area (Å²) in [4.78, 5) is 12.7. The molecule has 2 atom stereocenters. The Balaban J connectivity index is 1.37. The zero-order valence-electron chi connectivity index (χ0n) is 18.4. The van der Waals surface area contributed by atoms with Crippen molar-refractivity contribution in [2.75, 3.05) is 31.1 Å². The van der Waals surface area contributed by atoms with Crippen LogP contribution in [-0.4, -0.2) is 62.0 Å². The molecule has 2 aromatic heterocycles. The van der Waals surface area contributed by atoms with Crippen molar-refractivity contribution in [3.05, 3.63) is 72.1 Å². The Kier molecular flexibility index (Phi) is 6.00. The molecule has 2 aromatic carbocycles. The monoisotopic (exact) mass is 488 g/mol. The molecule has 1 saturated heterocycles. The van der Waals surface area contributed by atoms with Gasteiger partial charge >= 0.3 is 0 Å². The molecule has 1 fully saturated rings. The second-order valence-electron chi connectivity index (χ2n) is 8.45. The number of hydrogen-bond donors (Lipinski definition) is 1. The average molecular weight is 489 g/mol. The van der Waals surface area contributed by atoms with Gasteiger partial charge in [0.25, 0.3) is 0 Å². The van der Waals surface area contributed by atoms with E-state index in [0.29, 0.717) is 26.2 Å². The van der Waals surface area contributed by atoms with Gasteiger partial charge in [0, 0.05) is 43.9 Å². The van der Waals surface area contributed by atoms with Gasteiger partial charge in [-0.2, -0.15) is 5.10 Å². The van der Waals surface area contributed by atoms with Crippen molar-refractivity contribution < 1.29 is 18.3 Å². The molecule has 1 aliphatic rings. The van der Waals surface area contributed by atoms with E-state index in [2.05, 4.69) is 24.9 Å². The van der Waals surface area contributed by atoms with Crippen molar-refractivity contribution in [2.45, 2.75) is 25.1 Å². The van der Waals surface area contributed by atoms with Gasteiger partial charge in [-0.25, -0.2) is 27.8 Å². The Morgan fingerprint density at radius 3 is 2.50 bits per heavy atom. The molecule has 0 spiro atoms. The lowest BCUT2D eigenvalue weighted by Gasteiger charge is -2.44. The van der Waals surface area contributed by atoms with E-state index in [1.807, 2.05) is 6.92 Å². The molecule has 34 heavy (non-hydrogen) atoms. The molecule has 7 nitrogen and oxygen atoms in total. The molecule has 0 saturated carbocycles. The van der Waals surface area contributed by atoms with E-state index >= 15 is 0 Å². The fourth-order valence-corrected chi connectivity index (χ4v) is 5.51. The van der Waals surface area contributed by atoms with Gasteiger partial charge in [0.15, 0.2) is 5.13 Å². The molecule has 1 aliphatic heterocycles. The first kappa shape index (κ1) is 22.8. The van der Waals surface area contributed by atoms with Crippen molar-refractivity contribution >= 4 is 26.7 Å². The van der Waals surface area contributed by atoms with Crippen LogP contribution >= 0.6 is 11.3 Å². The second-order valence-corrected chi connectivity index (χ2v) is 9.46. The lowest BCUT2D eigenvalue weighted by atomic mass is 9.85. The minimum absolute atomic E-state index is 0.00697. The van der Waals surface area contributed by atoms with Crippen LogP contribution in [-0.2, 0) is 12.1 Å². The van der Waals surface area contributed by atoms with E-state index in [4.69, 9.17) is 0 Å². The van der Waals surface area contributed by atoms with Crippen LogP contribution in [0.5, 0.6) is 0 Å². The third-order valence-electron chi connectivity index (χ3n) is 6.43. The summed E-state index contributed by atoms with van der Waals surface area (Å²) in [7, 11) is 0. The number of aliphatic hydroxyl groups is 1. The summed E-state index contributed by atoms with van der Waals surface area (Å²) in [5.41, 5.74) is -0.917. The van der Waals surface area contributed by atoms with Crippen molar-refractivity contribution in [3.8, 4) is 0 Å². The predicted octanol–water partition coefficient (Wildman–Crippen LogP) is 3.40. The molecule has 2 unspecified atom stereocenters. The topological polar surface area (TPSA) is 70.3 Å². The summed E-state index contributed by atoms with van der Waals surface area (Å²) in [6.07, 6.45) is 2.79. The summed E-state index contributed by atoms with van der Waals surface area (Å²) < 4.78 is 44.2. The molecule has 1 N–H and O–H groups in total. The number of anilines is 1. The minimum atomic E-state index is -1.68. The smallest absolute Gasteiger partial charge is 0.186 e. The second kappa shape index (κ2) is 8.97. The highest BCUT2D eigenvalue weighted by molar-refractivity contribution is 7.22. The van der Waals surface area contributed by atoms with E-state index in [9.17, 15) is 18.3 Å². The lowest BCUT2D eigenvalue weighted by molar-refractivity contribution is -0.0650. The van der Waals surface area contributed by atoms with Gasteiger partial charge in [-0.15, -0.1) is 0 Å². The largest absolute Gasteiger partial charge is 0.381 e. The van der Waals surface area contributed by atoms with Gasteiger partial charge in [0.2, 0.25) is 0 Å². The summed E-state index contributed by atoms with van der Waals surface area (Å²) in [6, 6.07) is 7.25. The van der Waals surface area contributed by atoms with Gasteiger partial charge < -0.3 is 10.0 Å². The zero-order valence-corrected chi connectivity index (χ0v) is 19.2. The number of halogens is 3. The maximum atomic E-state index is 14.8. The molecule has 0 aliphatic carbocycles. The van der Waals surface area contributed by atoms with E-state index < -0.39 is 23.3 Å². The first-order chi connectivity index (χ1) is 16.3. The highest BCUT2D eigenvalue weighted by Gasteiger charge is 2.42. The number of aromatic nitrogens is 4. The maximum absolute atomic E-state index is 14.8. The van der Waals surface area contributed by atoms with Gasteiger partial charge in [-0.05, 0) is 31.2 Å². The molecule has 5 rings (SSSR count). The quantitative estimate of drug-likeness (QED) is 0.449. The summed E-state index contributed by atoms with van der Waals surface area (Å²) in [5.74, 6) is -1.81. The molecule has 0 bridgehead atoms. The fraction of sp³-hybridized carbons (Fsp3) is 0.348. The van der Waals surface area contributed by atoms with Gasteiger partial charge in [0.1, 0.15) is 35.7 Å². The number of benzene rings is 2. The highest BCUT2D eigenvalue weighted by atomic mass is 32.1. The van der Waals surface area contributed by atoms with Crippen LogP contribution in [0.2, 0.25) is 0 Å². The summed E-state index contributed by atoms with van der Waals surface area (Å²) in [5, 5.41) is 16.7. The van der Waals surface area contributed by atoms with Crippen LogP contribution < -0.4 is 4.90 Å². The Hall–Kier alpha value is -3.02. The standard InChI is InChI=1S/C23H23F3N6OS/c1-15(23(33,12-32-14-27-13-28-32)18-4-2-16(24)10-19(18)26)30-6-8-31(9-7-30)22-29-20-5-3-17(25)11-21(20)34-22/h2-5,10-11,13-15,33H,6-9,12H2,1H3. The molecule has 0 radical (unpaired) electrons. The molecular formula is C23H23F3N6OS. The van der Waals surface area contributed by atoms with Crippen LogP contribution in [0.25, 0.3) is 10.2 Å². The fourth-order valence-electron chi connectivity index (χ4n) is 4.47. The molecular weight excluding hydrogens is 465 g/mol. The first-order valence-corrected chi connectivity index (χ1v) is 11.7. The van der Waals surface area contributed by atoms with Crippen LogP contribution in [0.1, 0.15) is 12.5 Å². The maximum Gasteiger partial charge on any atom is 0.186 e. The third kappa shape index (κ3) is 4.26. The summed E-state index contributed by atoms with van der Waals surface area (Å²) in [6.45, 7) is 4.24. The highest BCUT2D eigenvalue weighted by Crippen LogP contribution is 2.34. The Morgan fingerprint density at radius 2 is 1.79 bits per heavy atom. The van der Waals surface area contributed by atoms with Gasteiger partial charge in [0.05, 0.1) is 16.8 Å². The number of hydrogen-bond acceptors (Lipinski definition) is 7. The predicted molar refractivity (Wildman–Crippen MR) is 123 cm³/mol. The lowest BCUT2D eigenvalue weighted by Crippen LogP contribution is -2.57. The zero-order chi connectivity index (χ0) is 23.9. The minimum Gasteiger partial charge on any atom is -0.381 e. The van der Waals surface area contributed by atoms with E-state index in [-0.39, 0.29) is 17.9 Å². The van der Waals surface area contributed by atoms with Gasteiger partial charge in [-0.1, -0.05) is 17.4 Å². The van der Waals surface area contributed by atoms with Crippen LogP contribution in [0.4, 0.5) is 18.3 Å². The van der Waals surface area contributed by atoms with Crippen molar-refractivity contribution in [1.29, 1.82) is 0 Å². The van der Waals surface area contributed by atoms with E-state index in [1.165, 1.54) is 46.9 Å². The Labute approximate surface area is 198 Å². The number of fused-ring (bicyclic) bond motifs is 1. The first-order valence-electron chi connectivity index (χ1n) is 10.9. The number of nitrogens with zero attached hydrogens (tertiary/aromatic N) is 6. The van der Waals surface area contributed by atoms with Crippen molar-refractivity contribution in [3.63, 3.8) is 0 Å². The molecule has 0 amide bonds. The SMILES string of the molecule is CC(N1CCN(c2nc3ccc(F)cc3s2)CC1)C(O)(Cn1cncn1)c1ccc(F)cc1F. The van der Waals surface area contributed by atoms with E-state index in [1.54, 1.807) is 6.07 Å². The molecule has 178 valence electrons. The number of rotatable bonds is 6. The molecule has 3 heterocycles. The van der Waals surface area contributed by atoms with Crippen molar-refractivity contribution in [1.82, 2.24) is 24.6 Å². The average Bonchev–Trinajstić information content (AvgIpc) is 3.48. The Morgan fingerprint density at radius 1 is 1.06 bits per heavy atom. The molecule has 4 aromatic rings. The van der Waals surface area contributed by atoms with Crippen LogP contribution in [0.15, 0.2) is 49.1 Å². The number of thiazole rings is 1. The third-order valence-corrected chi connectivity index (χ3v) is 7.51. The Bertz CT molecular complexity index is 1290. The van der Waals surface area contributed by atoms with Gasteiger partial charge in [-0.3, -0.25) is 4.90 Å². The van der Waals surface area contributed by atoms with Crippen LogP contribution in [0, 0.1) is 17.5 Å². The normalized spacial score (nSPS) is 17.7. The summed E-state index contributed by atoms with van der Waals surface area (Å²) >= 11 is 1.44. The van der Waals surface area contributed by atoms with Crippen molar-refractivity contribution in [2.24, 2.45) is 0 Å². The van der Waals surface area contributed by atoms with E-state index in [0.717, 1.165) is 27.5 Å².